The van der Waals surface area contributed by atoms with Crippen molar-refractivity contribution in [3.8, 4) is 67.5 Å². The normalized spacial score (nSPS) is 15.9. The summed E-state index contributed by atoms with van der Waals surface area (Å²) in [5, 5.41) is 0. The smallest absolute Gasteiger partial charge is 0.127 e. The van der Waals surface area contributed by atoms with Gasteiger partial charge in [-0.25, -0.2) is 0 Å². The zero-order valence-corrected chi connectivity index (χ0v) is 74.2. The molecule has 4 aliphatic carbocycles. The van der Waals surface area contributed by atoms with E-state index in [0.29, 0.717) is 17.8 Å². The number of unbranched alkanes of at least 4 members (excludes halogenated alkanes) is 3. The average Bonchev–Trinajstić information content (AvgIpc) is 1.55. The molecule has 16 aromatic carbocycles. The van der Waals surface area contributed by atoms with Crippen LogP contribution in [0.3, 0.4) is 0 Å². The number of benzene rings is 16. The molecule has 0 N–H and O–H groups in total. The van der Waals surface area contributed by atoms with Gasteiger partial charge in [-0.2, -0.15) is 0 Å². The molecule has 0 saturated carbocycles. The lowest BCUT2D eigenvalue weighted by atomic mass is 9.67. The van der Waals surface area contributed by atoms with Crippen LogP contribution in [-0.4, -0.2) is 0 Å². The van der Waals surface area contributed by atoms with Gasteiger partial charge < -0.3 is 19.3 Å². The van der Waals surface area contributed by atoms with Crippen molar-refractivity contribution in [1.29, 1.82) is 0 Å². The molecule has 4 heteroatoms. The van der Waals surface area contributed by atoms with Gasteiger partial charge >= 0.3 is 0 Å². The molecule has 0 saturated heterocycles. The largest absolute Gasteiger partial charge is 0.457 e. The van der Waals surface area contributed by atoms with E-state index in [0.717, 1.165) is 76.4 Å². The standard InChI is InChI=1S/C62H59NO.C59H53NO/c1-6-8-9-11-18-44-25-29-46(30-26-44)62(47-31-37-52(38-32-47)64-51-35-27-45(28-36-51)43(3)7-2)58-24-17-15-22-54(58)56-40-34-50(42-60(56)62)63(48-19-12-10-13-20-48)49-33-39-55-53-21-14-16-23-57(53)61(4,5)59(55)41-49;1-7-40(4)42-23-31-48(32-24-42)61-49-33-27-44(28-34-49)59(43-25-21-41(22-26-43)39(2)3)55-20-14-12-18-51(55)53-36-30-47(38-57(53)59)60(45-15-9-8-10-16-45)46-29-35-52-50-17-11-13-19-54(50)58(5,6)56(52)37-46/h10,12-17,19-43H,6-9,11,18H2,1-5H3;8-40H,7H2,1-6H3. The highest BCUT2D eigenvalue weighted by Gasteiger charge is 2.49. The first-order valence-electron chi connectivity index (χ1n) is 45.6. The van der Waals surface area contributed by atoms with E-state index < -0.39 is 10.8 Å². The van der Waals surface area contributed by atoms with Crippen molar-refractivity contribution in [2.75, 3.05) is 9.80 Å². The third kappa shape index (κ3) is 14.5. The van der Waals surface area contributed by atoms with Gasteiger partial charge in [-0.3, -0.25) is 0 Å². The summed E-state index contributed by atoms with van der Waals surface area (Å²) in [4.78, 5) is 4.90. The van der Waals surface area contributed by atoms with Gasteiger partial charge in [0.2, 0.25) is 0 Å². The SMILES string of the molecule is CCC(C)c1ccc(Oc2ccc(C3(c4ccc(C(C)C)cc4)c4ccccc4-c4ccc(N(c5ccccc5)c5ccc6c(c5)C(C)(C)c5ccccc5-6)cc43)cc2)cc1.CCCCCCc1ccc(C2(c3ccc(Oc4ccc(C(C)CC)cc4)cc3)c3ccccc3-c3ccc(N(c4ccccc4)c4ccc5c(c4)C(C)(C)c4ccccc4-5)cc32)cc1. The summed E-state index contributed by atoms with van der Waals surface area (Å²) in [6.45, 7) is 25.3. The quantitative estimate of drug-likeness (QED) is 0.0563. The number of nitrogens with zero attached hydrogens (tertiary/aromatic N) is 2. The van der Waals surface area contributed by atoms with E-state index in [-0.39, 0.29) is 10.8 Å². The first kappa shape index (κ1) is 81.4. The molecule has 0 bridgehead atoms. The topological polar surface area (TPSA) is 24.9 Å². The molecule has 0 radical (unpaired) electrons. The first-order chi connectivity index (χ1) is 61.0. The van der Waals surface area contributed by atoms with Crippen LogP contribution in [-0.2, 0) is 28.1 Å². The Kier molecular flexibility index (Phi) is 22.0. The van der Waals surface area contributed by atoms with E-state index in [4.69, 9.17) is 9.47 Å². The lowest BCUT2D eigenvalue weighted by Gasteiger charge is -2.35. The van der Waals surface area contributed by atoms with Gasteiger partial charge in [0.15, 0.2) is 0 Å². The molecule has 0 aliphatic heterocycles. The van der Waals surface area contributed by atoms with Crippen molar-refractivity contribution in [1.82, 2.24) is 0 Å². The van der Waals surface area contributed by atoms with Crippen LogP contribution >= 0.6 is 0 Å². The molecule has 4 nitrogen and oxygen atoms in total. The second-order valence-corrected chi connectivity index (χ2v) is 36.5. The molecule has 0 fully saturated rings. The second-order valence-electron chi connectivity index (χ2n) is 36.5. The maximum atomic E-state index is 6.52. The van der Waals surface area contributed by atoms with Crippen LogP contribution in [0.2, 0.25) is 0 Å². The maximum Gasteiger partial charge on any atom is 0.127 e. The molecule has 125 heavy (non-hydrogen) atoms. The van der Waals surface area contributed by atoms with Crippen molar-refractivity contribution >= 4 is 34.1 Å². The van der Waals surface area contributed by atoms with Gasteiger partial charge in [0.1, 0.15) is 23.0 Å². The molecule has 4 unspecified atom stereocenters. The van der Waals surface area contributed by atoms with Gasteiger partial charge in [0.05, 0.1) is 10.8 Å². The molecule has 20 rings (SSSR count). The van der Waals surface area contributed by atoms with Gasteiger partial charge in [-0.05, 0) is 298 Å². The highest BCUT2D eigenvalue weighted by atomic mass is 16.5. The lowest BCUT2D eigenvalue weighted by Crippen LogP contribution is -2.29. The highest BCUT2D eigenvalue weighted by Crippen LogP contribution is 2.61. The van der Waals surface area contributed by atoms with Gasteiger partial charge in [-0.1, -0.05) is 350 Å². The monoisotopic (exact) mass is 1620 g/mol. The summed E-state index contributed by atoms with van der Waals surface area (Å²) in [5.41, 5.74) is 36.8. The molecule has 0 amide bonds. The third-order valence-electron chi connectivity index (χ3n) is 28.1. The number of anilines is 6. The number of hydrogen-bond acceptors (Lipinski definition) is 4. The summed E-state index contributed by atoms with van der Waals surface area (Å²) in [6.07, 6.45) is 8.36. The Morgan fingerprint density at radius 2 is 0.536 bits per heavy atom. The number of hydrogen-bond donors (Lipinski definition) is 0. The lowest BCUT2D eigenvalue weighted by molar-refractivity contribution is 0.481. The van der Waals surface area contributed by atoms with E-state index in [9.17, 15) is 0 Å². The van der Waals surface area contributed by atoms with Crippen LogP contribution in [0.4, 0.5) is 34.1 Å². The summed E-state index contributed by atoms with van der Waals surface area (Å²) in [6, 6.07) is 140. The summed E-state index contributed by atoms with van der Waals surface area (Å²) < 4.78 is 13.0. The van der Waals surface area contributed by atoms with E-state index in [2.05, 4.69) is 462 Å². The fraction of sp³-hybridized carbons (Fsp3) is 0.207. The van der Waals surface area contributed by atoms with Crippen LogP contribution in [0.1, 0.15) is 221 Å². The van der Waals surface area contributed by atoms with Gasteiger partial charge in [-0.15, -0.1) is 0 Å². The van der Waals surface area contributed by atoms with E-state index in [1.165, 1.54) is 159 Å². The van der Waals surface area contributed by atoms with E-state index in [1.54, 1.807) is 0 Å². The molecule has 16 aromatic rings. The summed E-state index contributed by atoms with van der Waals surface area (Å²) in [5.74, 6) is 4.83. The molecule has 0 spiro atoms. The Labute approximate surface area is 741 Å². The van der Waals surface area contributed by atoms with Crippen molar-refractivity contribution < 1.29 is 9.47 Å². The van der Waals surface area contributed by atoms with Crippen molar-refractivity contribution in [3.05, 3.63) is 465 Å². The Morgan fingerprint density at radius 3 is 0.888 bits per heavy atom. The Bertz CT molecular complexity index is 6580. The van der Waals surface area contributed by atoms with Crippen LogP contribution in [0, 0.1) is 0 Å². The molecule has 618 valence electrons. The fourth-order valence-corrected chi connectivity index (χ4v) is 20.9. The fourth-order valence-electron chi connectivity index (χ4n) is 20.9. The predicted molar refractivity (Wildman–Crippen MR) is 524 cm³/mol. The molecular formula is C121H112N2O2. The van der Waals surface area contributed by atoms with Crippen molar-refractivity contribution in [2.24, 2.45) is 0 Å². The molecule has 0 heterocycles. The minimum atomic E-state index is -0.585. The van der Waals surface area contributed by atoms with Gasteiger partial charge in [0.25, 0.3) is 0 Å². The second kappa shape index (κ2) is 33.8. The zero-order valence-electron chi connectivity index (χ0n) is 74.2. The Hall–Kier alpha value is -13.3. The molecule has 4 atom stereocenters. The Morgan fingerprint density at radius 1 is 0.248 bits per heavy atom. The van der Waals surface area contributed by atoms with Crippen LogP contribution < -0.4 is 19.3 Å². The average molecular weight is 1630 g/mol. The predicted octanol–water partition coefficient (Wildman–Crippen LogP) is 33.5. The van der Waals surface area contributed by atoms with Gasteiger partial charge in [0, 0.05) is 45.0 Å². The minimum Gasteiger partial charge on any atom is -0.457 e. The highest BCUT2D eigenvalue weighted by molar-refractivity contribution is 5.94. The summed E-state index contributed by atoms with van der Waals surface area (Å²) >= 11 is 0. The number of ether oxygens (including phenoxy) is 2. The van der Waals surface area contributed by atoms with E-state index in [1.807, 2.05) is 0 Å². The van der Waals surface area contributed by atoms with Crippen molar-refractivity contribution in [3.63, 3.8) is 0 Å². The first-order valence-corrected chi connectivity index (χ1v) is 45.6. The van der Waals surface area contributed by atoms with Crippen molar-refractivity contribution in [2.45, 2.75) is 161 Å². The molecule has 4 aliphatic rings. The third-order valence-corrected chi connectivity index (χ3v) is 28.1. The number of aryl methyl sites for hydroxylation is 1. The maximum absolute atomic E-state index is 6.52. The number of fused-ring (bicyclic) bond motifs is 12. The van der Waals surface area contributed by atoms with E-state index >= 15 is 0 Å². The van der Waals surface area contributed by atoms with Crippen LogP contribution in [0.15, 0.2) is 376 Å². The van der Waals surface area contributed by atoms with Crippen LogP contribution in [0.25, 0.3) is 44.5 Å². The molecule has 0 aromatic heterocycles. The zero-order chi connectivity index (χ0) is 85.7. The number of para-hydroxylation sites is 2. The minimum absolute atomic E-state index is 0.117. The summed E-state index contributed by atoms with van der Waals surface area (Å²) in [7, 11) is 0. The number of rotatable bonds is 24. The molecular weight excluding hydrogens is 1510 g/mol. The van der Waals surface area contributed by atoms with Crippen LogP contribution in [0.5, 0.6) is 23.0 Å². The Balaban J connectivity index is 0.000000164.